The van der Waals surface area contributed by atoms with Crippen LogP contribution >= 0.6 is 0 Å². The molecule has 4 nitrogen and oxygen atoms in total. The van der Waals surface area contributed by atoms with Crippen LogP contribution in [0.2, 0.25) is 0 Å². The highest BCUT2D eigenvalue weighted by atomic mass is 16.1. The Balaban J connectivity index is 1.60. The maximum atomic E-state index is 12.4. The van der Waals surface area contributed by atoms with Crippen molar-refractivity contribution in [3.05, 3.63) is 59.9 Å². The number of hydrogen-bond donors (Lipinski definition) is 1. The van der Waals surface area contributed by atoms with E-state index in [1.54, 1.807) is 0 Å². The molecule has 0 unspecified atom stereocenters. The maximum Gasteiger partial charge on any atom is 0.244 e. The molecular formula is C19H19N3O. The van der Waals surface area contributed by atoms with E-state index < -0.39 is 0 Å². The number of anilines is 1. The number of benzene rings is 2. The van der Waals surface area contributed by atoms with Gasteiger partial charge in [0.2, 0.25) is 5.91 Å². The smallest absolute Gasteiger partial charge is 0.244 e. The fourth-order valence-electron chi connectivity index (χ4n) is 2.89. The molecule has 1 aliphatic rings. The Morgan fingerprint density at radius 3 is 2.65 bits per heavy atom. The number of amides is 1. The molecule has 1 fully saturated rings. The number of rotatable bonds is 4. The Morgan fingerprint density at radius 2 is 1.91 bits per heavy atom. The van der Waals surface area contributed by atoms with E-state index >= 15 is 0 Å². The highest BCUT2D eigenvalue weighted by Crippen LogP contribution is 2.40. The van der Waals surface area contributed by atoms with Crippen molar-refractivity contribution in [2.75, 3.05) is 5.32 Å². The van der Waals surface area contributed by atoms with E-state index in [1.807, 2.05) is 55.5 Å². The van der Waals surface area contributed by atoms with Crippen LogP contribution in [0.5, 0.6) is 0 Å². The molecule has 1 heterocycles. The van der Waals surface area contributed by atoms with Crippen LogP contribution in [0.1, 0.15) is 30.1 Å². The monoisotopic (exact) mass is 305 g/mol. The SMILES string of the molecule is Cc1ccc(NC(=O)Cn2c(C3CC3)nc3ccccc32)cc1. The normalized spacial score (nSPS) is 14.1. The van der Waals surface area contributed by atoms with E-state index in [2.05, 4.69) is 9.88 Å². The second-order valence-corrected chi connectivity index (χ2v) is 6.23. The van der Waals surface area contributed by atoms with Crippen LogP contribution in [0.25, 0.3) is 11.0 Å². The number of nitrogens with one attached hydrogen (secondary N) is 1. The zero-order chi connectivity index (χ0) is 15.8. The first-order valence-corrected chi connectivity index (χ1v) is 8.02. The van der Waals surface area contributed by atoms with Crippen molar-refractivity contribution in [3.8, 4) is 0 Å². The van der Waals surface area contributed by atoms with E-state index in [9.17, 15) is 4.79 Å². The zero-order valence-electron chi connectivity index (χ0n) is 13.1. The Labute approximate surface area is 135 Å². The molecule has 0 spiro atoms. The van der Waals surface area contributed by atoms with Gasteiger partial charge in [-0.1, -0.05) is 29.8 Å². The number of carbonyl (C=O) groups is 1. The largest absolute Gasteiger partial charge is 0.325 e. The summed E-state index contributed by atoms with van der Waals surface area (Å²) in [6.45, 7) is 2.34. The second-order valence-electron chi connectivity index (χ2n) is 6.23. The minimum absolute atomic E-state index is 0.0149. The number of hydrogen-bond acceptors (Lipinski definition) is 2. The predicted octanol–water partition coefficient (Wildman–Crippen LogP) is 3.86. The Morgan fingerprint density at radius 1 is 1.17 bits per heavy atom. The molecular weight excluding hydrogens is 286 g/mol. The van der Waals surface area contributed by atoms with Gasteiger partial charge in [-0.2, -0.15) is 0 Å². The molecule has 2 aromatic carbocycles. The minimum atomic E-state index is -0.0149. The number of nitrogens with zero attached hydrogens (tertiary/aromatic N) is 2. The number of para-hydroxylation sites is 2. The summed E-state index contributed by atoms with van der Waals surface area (Å²) in [7, 11) is 0. The van der Waals surface area contributed by atoms with Crippen molar-refractivity contribution >= 4 is 22.6 Å². The Bertz CT molecular complexity index is 860. The van der Waals surface area contributed by atoms with E-state index in [0.29, 0.717) is 12.5 Å². The van der Waals surface area contributed by atoms with Crippen LogP contribution in [-0.2, 0) is 11.3 Å². The van der Waals surface area contributed by atoms with Crippen LogP contribution in [0.15, 0.2) is 48.5 Å². The number of fused-ring (bicyclic) bond motifs is 1. The van der Waals surface area contributed by atoms with Crippen molar-refractivity contribution in [3.63, 3.8) is 0 Å². The van der Waals surface area contributed by atoms with Crippen molar-refractivity contribution in [2.45, 2.75) is 32.2 Å². The fraction of sp³-hybridized carbons (Fsp3) is 0.263. The lowest BCUT2D eigenvalue weighted by Gasteiger charge is -2.10. The molecule has 3 aromatic rings. The lowest BCUT2D eigenvalue weighted by atomic mass is 10.2. The molecule has 0 radical (unpaired) electrons. The topological polar surface area (TPSA) is 46.9 Å². The van der Waals surface area contributed by atoms with Crippen LogP contribution in [-0.4, -0.2) is 15.5 Å². The third kappa shape index (κ3) is 2.84. The number of aromatic nitrogens is 2. The summed E-state index contributed by atoms with van der Waals surface area (Å²) < 4.78 is 2.07. The number of carbonyl (C=O) groups excluding carboxylic acids is 1. The third-order valence-corrected chi connectivity index (χ3v) is 4.26. The molecule has 0 atom stereocenters. The molecule has 4 rings (SSSR count). The van der Waals surface area contributed by atoms with Crippen molar-refractivity contribution in [1.82, 2.24) is 9.55 Å². The summed E-state index contributed by atoms with van der Waals surface area (Å²) in [5, 5.41) is 2.97. The molecule has 4 heteroatoms. The standard InChI is InChI=1S/C19H19N3O/c1-13-6-10-15(11-7-13)20-18(23)12-22-17-5-3-2-4-16(17)21-19(22)14-8-9-14/h2-7,10-11,14H,8-9,12H2,1H3,(H,20,23). The molecule has 0 aliphatic heterocycles. The molecule has 0 saturated heterocycles. The lowest BCUT2D eigenvalue weighted by molar-refractivity contribution is -0.116. The highest BCUT2D eigenvalue weighted by molar-refractivity contribution is 5.91. The van der Waals surface area contributed by atoms with Gasteiger partial charge in [0, 0.05) is 11.6 Å². The van der Waals surface area contributed by atoms with Crippen molar-refractivity contribution < 1.29 is 4.79 Å². The van der Waals surface area contributed by atoms with Gasteiger partial charge in [-0.3, -0.25) is 4.79 Å². The minimum Gasteiger partial charge on any atom is -0.325 e. The first-order valence-electron chi connectivity index (χ1n) is 8.02. The summed E-state index contributed by atoms with van der Waals surface area (Å²) in [5.74, 6) is 1.54. The lowest BCUT2D eigenvalue weighted by Crippen LogP contribution is -2.20. The quantitative estimate of drug-likeness (QED) is 0.795. The van der Waals surface area contributed by atoms with Gasteiger partial charge < -0.3 is 9.88 Å². The summed E-state index contributed by atoms with van der Waals surface area (Å²) in [5.41, 5.74) is 4.02. The summed E-state index contributed by atoms with van der Waals surface area (Å²) >= 11 is 0. The Hall–Kier alpha value is -2.62. The molecule has 1 amide bonds. The van der Waals surface area contributed by atoms with E-state index in [4.69, 9.17) is 4.98 Å². The zero-order valence-corrected chi connectivity index (χ0v) is 13.1. The van der Waals surface area contributed by atoms with Gasteiger partial charge in [-0.25, -0.2) is 4.98 Å². The van der Waals surface area contributed by atoms with Gasteiger partial charge in [0.15, 0.2) is 0 Å². The molecule has 116 valence electrons. The number of aryl methyl sites for hydroxylation is 1. The summed E-state index contributed by atoms with van der Waals surface area (Å²) in [4.78, 5) is 17.2. The fourth-order valence-corrected chi connectivity index (χ4v) is 2.89. The van der Waals surface area contributed by atoms with Gasteiger partial charge in [0.25, 0.3) is 0 Å². The van der Waals surface area contributed by atoms with E-state index in [0.717, 1.165) is 22.5 Å². The summed E-state index contributed by atoms with van der Waals surface area (Å²) in [6.07, 6.45) is 2.34. The first kappa shape index (κ1) is 14.0. The third-order valence-electron chi connectivity index (χ3n) is 4.26. The maximum absolute atomic E-state index is 12.4. The molecule has 1 N–H and O–H groups in total. The summed E-state index contributed by atoms with van der Waals surface area (Å²) in [6, 6.07) is 15.9. The van der Waals surface area contributed by atoms with Gasteiger partial charge >= 0.3 is 0 Å². The molecule has 23 heavy (non-hydrogen) atoms. The molecule has 0 bridgehead atoms. The van der Waals surface area contributed by atoms with Crippen LogP contribution in [0.3, 0.4) is 0 Å². The molecule has 1 aliphatic carbocycles. The molecule has 1 aromatic heterocycles. The predicted molar refractivity (Wildman–Crippen MR) is 91.5 cm³/mol. The van der Waals surface area contributed by atoms with Gasteiger partial charge in [0.05, 0.1) is 11.0 Å². The van der Waals surface area contributed by atoms with Crippen molar-refractivity contribution in [1.29, 1.82) is 0 Å². The average molecular weight is 305 g/mol. The van der Waals surface area contributed by atoms with Crippen LogP contribution in [0.4, 0.5) is 5.69 Å². The van der Waals surface area contributed by atoms with E-state index in [-0.39, 0.29) is 5.91 Å². The highest BCUT2D eigenvalue weighted by Gasteiger charge is 2.30. The Kier molecular flexibility index (Phi) is 3.37. The van der Waals surface area contributed by atoms with Gasteiger partial charge in [0.1, 0.15) is 12.4 Å². The van der Waals surface area contributed by atoms with Crippen LogP contribution in [0, 0.1) is 6.92 Å². The van der Waals surface area contributed by atoms with Gasteiger partial charge in [-0.15, -0.1) is 0 Å². The van der Waals surface area contributed by atoms with Crippen LogP contribution < -0.4 is 5.32 Å². The second kappa shape index (κ2) is 5.54. The van der Waals surface area contributed by atoms with Gasteiger partial charge in [-0.05, 0) is 44.0 Å². The number of imidazole rings is 1. The van der Waals surface area contributed by atoms with Crippen molar-refractivity contribution in [2.24, 2.45) is 0 Å². The van der Waals surface area contributed by atoms with E-state index in [1.165, 1.54) is 18.4 Å². The first-order chi connectivity index (χ1) is 11.2. The average Bonchev–Trinajstić information content (AvgIpc) is 3.33. The molecule has 1 saturated carbocycles.